The van der Waals surface area contributed by atoms with E-state index in [9.17, 15) is 14.0 Å². The molecule has 25 heavy (non-hydrogen) atoms. The van der Waals surface area contributed by atoms with Gasteiger partial charge in [0.05, 0.1) is 0 Å². The smallest absolute Gasteiger partial charge is 0.325 e. The maximum Gasteiger partial charge on any atom is 0.328 e. The Bertz CT molecular complexity index is 750. The van der Waals surface area contributed by atoms with Gasteiger partial charge in [0.15, 0.2) is 12.2 Å². The minimum Gasteiger partial charge on any atom is -0.325 e. The van der Waals surface area contributed by atoms with E-state index < -0.39 is 12.2 Å². The van der Waals surface area contributed by atoms with Crippen molar-refractivity contribution in [3.8, 4) is 0 Å². The highest BCUT2D eigenvalue weighted by Gasteiger charge is 2.54. The third-order valence-corrected chi connectivity index (χ3v) is 4.96. The average Bonchev–Trinajstić information content (AvgIpc) is 3.17. The zero-order valence-corrected chi connectivity index (χ0v) is 14.2. The van der Waals surface area contributed by atoms with Crippen molar-refractivity contribution in [2.45, 2.75) is 25.6 Å². The van der Waals surface area contributed by atoms with Crippen LogP contribution in [-0.4, -0.2) is 71.5 Å². The number of aliphatic imine (C=N–C) groups is 1. The first-order valence-electron chi connectivity index (χ1n) is 8.48. The third-order valence-electron chi connectivity index (χ3n) is 4.96. The Morgan fingerprint density at radius 1 is 1.20 bits per heavy atom. The van der Waals surface area contributed by atoms with Crippen molar-refractivity contribution in [1.29, 1.82) is 0 Å². The van der Waals surface area contributed by atoms with E-state index in [1.54, 1.807) is 19.2 Å². The van der Waals surface area contributed by atoms with Crippen molar-refractivity contribution in [2.75, 3.05) is 31.6 Å². The normalized spacial score (nSPS) is 25.5. The topological polar surface area (TPSA) is 59.5 Å². The molecule has 0 aromatic heterocycles. The highest BCUT2D eigenvalue weighted by Crippen LogP contribution is 2.33. The molecule has 0 bridgehead atoms. The van der Waals surface area contributed by atoms with Crippen LogP contribution in [0.25, 0.3) is 0 Å². The van der Waals surface area contributed by atoms with Gasteiger partial charge >= 0.3 is 6.03 Å². The molecular weight excluding hydrogens is 325 g/mol. The number of fused-ring (bicyclic) bond motifs is 3. The highest BCUT2D eigenvalue weighted by atomic mass is 19.1. The van der Waals surface area contributed by atoms with Crippen LogP contribution in [0.1, 0.15) is 13.3 Å². The Morgan fingerprint density at radius 3 is 2.60 bits per heavy atom. The zero-order chi connectivity index (χ0) is 17.7. The molecule has 1 aromatic carbocycles. The first kappa shape index (κ1) is 15.9. The Labute approximate surface area is 145 Å². The van der Waals surface area contributed by atoms with Crippen molar-refractivity contribution in [1.82, 2.24) is 14.7 Å². The first-order chi connectivity index (χ1) is 12.0. The minimum atomic E-state index is -0.508. The van der Waals surface area contributed by atoms with Gasteiger partial charge in [-0.3, -0.25) is 9.69 Å². The quantitative estimate of drug-likeness (QED) is 0.829. The Morgan fingerprint density at radius 2 is 1.92 bits per heavy atom. The van der Waals surface area contributed by atoms with Gasteiger partial charge in [-0.25, -0.2) is 14.2 Å². The van der Waals surface area contributed by atoms with Crippen LogP contribution in [0.2, 0.25) is 0 Å². The van der Waals surface area contributed by atoms with Gasteiger partial charge in [-0.05, 0) is 30.7 Å². The maximum atomic E-state index is 13.2. The lowest BCUT2D eigenvalue weighted by atomic mass is 10.1. The largest absolute Gasteiger partial charge is 0.328 e. The van der Waals surface area contributed by atoms with Crippen LogP contribution in [0.3, 0.4) is 0 Å². The van der Waals surface area contributed by atoms with Crippen LogP contribution in [0, 0.1) is 5.82 Å². The molecule has 8 heteroatoms. The van der Waals surface area contributed by atoms with Gasteiger partial charge in [-0.2, -0.15) is 0 Å². The number of rotatable bonds is 3. The van der Waals surface area contributed by atoms with Crippen molar-refractivity contribution in [3.05, 3.63) is 30.1 Å². The molecule has 0 aliphatic carbocycles. The molecule has 7 nitrogen and oxygen atoms in total. The van der Waals surface area contributed by atoms with Gasteiger partial charge in [-0.1, -0.05) is 6.92 Å². The summed E-state index contributed by atoms with van der Waals surface area (Å²) < 4.78 is 13.2. The second-order valence-electron chi connectivity index (χ2n) is 6.49. The summed E-state index contributed by atoms with van der Waals surface area (Å²) in [5.74, 6) is 0.195. The van der Waals surface area contributed by atoms with E-state index in [4.69, 9.17) is 0 Å². The number of urea groups is 1. The predicted molar refractivity (Wildman–Crippen MR) is 90.6 cm³/mol. The molecule has 4 rings (SSSR count). The lowest BCUT2D eigenvalue weighted by Gasteiger charge is -2.40. The Hall–Kier alpha value is -2.64. The van der Waals surface area contributed by atoms with E-state index in [0.29, 0.717) is 25.6 Å². The van der Waals surface area contributed by atoms with Crippen LogP contribution in [0.4, 0.5) is 14.9 Å². The van der Waals surface area contributed by atoms with E-state index >= 15 is 0 Å². The summed E-state index contributed by atoms with van der Waals surface area (Å²) in [5, 5.41) is 0. The number of halogens is 1. The van der Waals surface area contributed by atoms with Gasteiger partial charge in [0.1, 0.15) is 5.82 Å². The molecule has 3 amide bonds. The summed E-state index contributed by atoms with van der Waals surface area (Å²) in [6, 6.07) is 5.43. The van der Waals surface area contributed by atoms with Crippen LogP contribution < -0.4 is 4.90 Å². The molecule has 0 N–H and O–H groups in total. The number of hydrogen-bond acceptors (Lipinski definition) is 5. The molecule has 0 radical (unpaired) electrons. The molecule has 3 aliphatic rings. The van der Waals surface area contributed by atoms with Gasteiger partial charge in [0.2, 0.25) is 5.96 Å². The van der Waals surface area contributed by atoms with E-state index in [-0.39, 0.29) is 17.8 Å². The van der Waals surface area contributed by atoms with E-state index in [0.717, 1.165) is 12.1 Å². The van der Waals surface area contributed by atoms with E-state index in [2.05, 4.69) is 4.99 Å². The van der Waals surface area contributed by atoms with E-state index in [1.165, 1.54) is 21.9 Å². The number of imide groups is 1. The molecule has 1 aromatic rings. The molecule has 2 unspecified atom stereocenters. The number of amides is 3. The summed E-state index contributed by atoms with van der Waals surface area (Å²) in [6.45, 7) is 3.67. The molecule has 0 saturated carbocycles. The molecule has 132 valence electrons. The molecule has 3 aliphatic heterocycles. The van der Waals surface area contributed by atoms with Crippen molar-refractivity contribution in [3.63, 3.8) is 0 Å². The van der Waals surface area contributed by atoms with Gasteiger partial charge in [0, 0.05) is 32.4 Å². The predicted octanol–water partition coefficient (Wildman–Crippen LogP) is 1.32. The third kappa shape index (κ3) is 2.27. The van der Waals surface area contributed by atoms with Gasteiger partial charge < -0.3 is 14.7 Å². The van der Waals surface area contributed by atoms with Crippen LogP contribution in [0.5, 0.6) is 0 Å². The highest BCUT2D eigenvalue weighted by molar-refractivity contribution is 6.07. The minimum absolute atomic E-state index is 0.186. The Balaban J connectivity index is 1.66. The molecule has 0 spiro atoms. The standard InChI is InChI=1S/C17H20FN5O2/c1-3-8-23-15(24)13-14(20(2)17(23)25)19-16-21(9-10-22(13)16)12-6-4-11(18)5-7-12/h4-7,13-14H,3,8-10H2,1-2H3. The summed E-state index contributed by atoms with van der Waals surface area (Å²) in [7, 11) is 1.68. The Kier molecular flexibility index (Phi) is 3.63. The molecular formula is C17H20FN5O2. The van der Waals surface area contributed by atoms with Gasteiger partial charge in [-0.15, -0.1) is 0 Å². The summed E-state index contributed by atoms with van der Waals surface area (Å²) in [5.41, 5.74) is 0.827. The number of anilines is 1. The number of likely N-dealkylation sites (N-methyl/N-ethyl adjacent to an activating group) is 1. The average molecular weight is 345 g/mol. The summed E-state index contributed by atoms with van der Waals surface area (Å²) in [4.78, 5) is 36.8. The van der Waals surface area contributed by atoms with Crippen LogP contribution >= 0.6 is 0 Å². The fourth-order valence-corrected chi connectivity index (χ4v) is 3.73. The lowest BCUT2D eigenvalue weighted by molar-refractivity contribution is -0.137. The lowest BCUT2D eigenvalue weighted by Crippen LogP contribution is -2.64. The molecule has 3 heterocycles. The van der Waals surface area contributed by atoms with Gasteiger partial charge in [0.25, 0.3) is 5.91 Å². The fraction of sp³-hybridized carbons (Fsp3) is 0.471. The van der Waals surface area contributed by atoms with Crippen molar-refractivity contribution in [2.24, 2.45) is 4.99 Å². The number of benzene rings is 1. The van der Waals surface area contributed by atoms with Crippen molar-refractivity contribution >= 4 is 23.6 Å². The molecule has 2 fully saturated rings. The molecule has 2 atom stereocenters. The van der Waals surface area contributed by atoms with Crippen LogP contribution in [-0.2, 0) is 4.79 Å². The monoisotopic (exact) mass is 345 g/mol. The number of guanidine groups is 1. The first-order valence-corrected chi connectivity index (χ1v) is 8.48. The SMILES string of the molecule is CCCN1C(=O)C2C(N=C3N(c4ccc(F)cc4)CCN32)N(C)C1=O. The number of carbonyl (C=O) groups is 2. The number of nitrogens with zero attached hydrogens (tertiary/aromatic N) is 5. The second kappa shape index (κ2) is 5.72. The van der Waals surface area contributed by atoms with E-state index in [1.807, 2.05) is 16.7 Å². The molecule has 2 saturated heterocycles. The van der Waals surface area contributed by atoms with Crippen molar-refractivity contribution < 1.29 is 14.0 Å². The van der Waals surface area contributed by atoms with Crippen LogP contribution in [0.15, 0.2) is 29.3 Å². The zero-order valence-electron chi connectivity index (χ0n) is 14.2. The summed E-state index contributed by atoms with van der Waals surface area (Å²) in [6.07, 6.45) is 0.212. The maximum absolute atomic E-state index is 13.2. The number of hydrogen-bond donors (Lipinski definition) is 0. The second-order valence-corrected chi connectivity index (χ2v) is 6.49. The summed E-state index contributed by atoms with van der Waals surface area (Å²) >= 11 is 0. The number of carbonyl (C=O) groups excluding carboxylic acids is 2. The fourth-order valence-electron chi connectivity index (χ4n) is 3.73.